The molecule has 0 radical (unpaired) electrons. The highest BCUT2D eigenvalue weighted by Gasteiger charge is 2.70. The number of carbonyl (C=O) groups is 1. The number of rotatable bonds is 3. The molecule has 11 heteroatoms. The largest absolute Gasteiger partial charge is 0.369 e. The van der Waals surface area contributed by atoms with Crippen molar-refractivity contribution >= 4 is 28.3 Å². The summed E-state index contributed by atoms with van der Waals surface area (Å²) >= 11 is 0. The van der Waals surface area contributed by atoms with Crippen LogP contribution in [0.2, 0.25) is 0 Å². The molecule has 0 bridgehead atoms. The van der Waals surface area contributed by atoms with E-state index in [-0.39, 0.29) is 22.9 Å². The summed E-state index contributed by atoms with van der Waals surface area (Å²) in [6.45, 7) is 1.61. The Morgan fingerprint density at radius 3 is 2.57 bits per heavy atom. The van der Waals surface area contributed by atoms with Crippen LogP contribution in [0, 0.1) is 11.6 Å². The first-order valence-corrected chi connectivity index (χ1v) is 10.6. The number of pyridine rings is 1. The van der Waals surface area contributed by atoms with Crippen molar-refractivity contribution in [1.29, 1.82) is 0 Å². The first-order chi connectivity index (χ1) is 14.0. The number of anilines is 1. The molecule has 8 nitrogen and oxygen atoms in total. The summed E-state index contributed by atoms with van der Waals surface area (Å²) < 4.78 is 49.7. The van der Waals surface area contributed by atoms with Crippen LogP contribution in [-0.4, -0.2) is 42.1 Å². The smallest absolute Gasteiger partial charge is 0.274 e. The average Bonchev–Trinajstić information content (AvgIpc) is 3.51. The predicted molar refractivity (Wildman–Crippen MR) is 110 cm³/mol. The van der Waals surface area contributed by atoms with E-state index >= 15 is 0 Å². The number of amides is 1. The molecule has 2 heterocycles. The van der Waals surface area contributed by atoms with Crippen molar-refractivity contribution < 1.29 is 22.7 Å². The Morgan fingerprint density at radius 2 is 1.97 bits per heavy atom. The van der Waals surface area contributed by atoms with Gasteiger partial charge in [0, 0.05) is 18.3 Å². The second-order valence-corrected chi connectivity index (χ2v) is 9.93. The summed E-state index contributed by atoms with van der Waals surface area (Å²) in [6, 6.07) is 6.27. The Kier molecular flexibility index (Phi) is 4.53. The lowest BCUT2D eigenvalue weighted by molar-refractivity contribution is 0.102. The molecule has 5 N–H and O–H groups in total. The maximum atomic E-state index is 14.9. The zero-order chi connectivity index (χ0) is 21.9. The molecule has 1 amide bonds. The van der Waals surface area contributed by atoms with Crippen LogP contribution in [0.4, 0.5) is 14.5 Å². The van der Waals surface area contributed by atoms with E-state index in [0.717, 1.165) is 16.6 Å². The van der Waals surface area contributed by atoms with E-state index in [0.29, 0.717) is 12.8 Å². The van der Waals surface area contributed by atoms with Crippen LogP contribution in [0.3, 0.4) is 0 Å². The van der Waals surface area contributed by atoms with Crippen LogP contribution in [0.25, 0.3) is 0 Å². The number of aromatic nitrogens is 1. The van der Waals surface area contributed by atoms with E-state index < -0.39 is 38.6 Å². The number of benzene rings is 1. The molecule has 0 unspecified atom stereocenters. The molecular formula is C19H21F2N5O3S. The predicted octanol–water partition coefficient (Wildman–Crippen LogP) is 3.29. The number of nitrogens with two attached hydrogens (primary N) is 1. The molecule has 1 spiro atoms. The van der Waals surface area contributed by atoms with Crippen LogP contribution in [0.15, 0.2) is 41.5 Å². The van der Waals surface area contributed by atoms with Crippen molar-refractivity contribution in [3.8, 4) is 0 Å². The maximum absolute atomic E-state index is 14.9. The van der Waals surface area contributed by atoms with Crippen LogP contribution in [0.5, 0.6) is 0 Å². The third kappa shape index (κ3) is 2.84. The summed E-state index contributed by atoms with van der Waals surface area (Å²) in [7, 11) is -1.91. The fourth-order valence-electron chi connectivity index (χ4n) is 3.92. The molecule has 1 fully saturated rings. The molecule has 4 rings (SSSR count). The molecule has 160 valence electrons. The molecule has 1 aliphatic carbocycles. The molecule has 1 aromatic carbocycles. The van der Waals surface area contributed by atoms with Crippen molar-refractivity contribution in [1.82, 2.24) is 9.29 Å². The summed E-state index contributed by atoms with van der Waals surface area (Å²) in [5.41, 5.74) is 4.90. The highest BCUT2D eigenvalue weighted by atomic mass is 32.3. The second-order valence-electron chi connectivity index (χ2n) is 7.56. The summed E-state index contributed by atoms with van der Waals surface area (Å²) in [4.78, 5) is 20.6. The minimum atomic E-state index is -3.36. The summed E-state index contributed by atoms with van der Waals surface area (Å²) in [6.07, 6.45) is 1.79. The quantitative estimate of drug-likeness (QED) is 0.584. The van der Waals surface area contributed by atoms with Gasteiger partial charge in [0.15, 0.2) is 0 Å². The van der Waals surface area contributed by atoms with E-state index in [1.54, 1.807) is 6.92 Å². The lowest BCUT2D eigenvalue weighted by Crippen LogP contribution is -2.55. The fraction of sp³-hybridized carbons (Fsp3) is 0.316. The van der Waals surface area contributed by atoms with Gasteiger partial charge >= 0.3 is 0 Å². The van der Waals surface area contributed by atoms with Crippen LogP contribution in [0.1, 0.15) is 35.8 Å². The molecule has 0 saturated heterocycles. The Labute approximate surface area is 173 Å². The average molecular weight is 437 g/mol. The van der Waals surface area contributed by atoms with Gasteiger partial charge in [-0.05, 0) is 50.1 Å². The van der Waals surface area contributed by atoms with Gasteiger partial charge in [-0.15, -0.1) is 10.8 Å². The Balaban J connectivity index is 1.73. The third-order valence-electron chi connectivity index (χ3n) is 5.87. The monoisotopic (exact) mass is 437 g/mol. The number of hydrogen-bond acceptors (Lipinski definition) is 7. The molecule has 1 saturated carbocycles. The number of carbonyl (C=O) groups excluding carboxylic acids is 1. The molecule has 30 heavy (non-hydrogen) atoms. The first-order valence-electron chi connectivity index (χ1n) is 9.12. The fourth-order valence-corrected chi connectivity index (χ4v) is 6.09. The zero-order valence-electron chi connectivity index (χ0n) is 16.3. The van der Waals surface area contributed by atoms with Crippen molar-refractivity contribution in [2.45, 2.75) is 30.1 Å². The SMILES string of the molecule is CN1C(N)=N[C@](C)(c2cc(NC(=O)c3ccc(F)cn3)ccc2F)C2(CC2)S1(O)O. The highest BCUT2D eigenvalue weighted by molar-refractivity contribution is 8.24. The normalized spacial score (nSPS) is 24.9. The topological polar surface area (TPSA) is 124 Å². The standard InChI is InChI=1S/C19H21F2N5O3S/c1-18(19(7-8-19)30(28,29)26(2)17(22)25-18)13-9-12(4-5-14(13)21)24-16(27)15-6-3-11(20)10-23-15/h3-6,9-10,28-29H,7-8H2,1-2H3,(H2,22,25)(H,24,27)/t18-/m1/s1. The molecular weight excluding hydrogens is 416 g/mol. The van der Waals surface area contributed by atoms with E-state index in [4.69, 9.17) is 5.73 Å². The minimum absolute atomic E-state index is 0.0112. The lowest BCUT2D eigenvalue weighted by atomic mass is 9.86. The Hall–Kier alpha value is -2.76. The molecule has 2 aromatic rings. The van der Waals surface area contributed by atoms with Gasteiger partial charge in [-0.1, -0.05) is 0 Å². The first kappa shape index (κ1) is 20.5. The van der Waals surface area contributed by atoms with Gasteiger partial charge in [0.2, 0.25) is 5.96 Å². The zero-order valence-corrected chi connectivity index (χ0v) is 17.1. The van der Waals surface area contributed by atoms with Gasteiger partial charge in [0.25, 0.3) is 5.91 Å². The molecule has 2 aliphatic rings. The third-order valence-corrected chi connectivity index (χ3v) is 8.67. The van der Waals surface area contributed by atoms with Crippen molar-refractivity contribution in [3.05, 3.63) is 59.4 Å². The Bertz CT molecular complexity index is 1060. The van der Waals surface area contributed by atoms with Gasteiger partial charge in [-0.3, -0.25) is 13.9 Å². The molecule has 1 atom stereocenters. The van der Waals surface area contributed by atoms with E-state index in [9.17, 15) is 22.7 Å². The highest BCUT2D eigenvalue weighted by Crippen LogP contribution is 2.76. The van der Waals surface area contributed by atoms with Gasteiger partial charge in [0.05, 0.1) is 6.20 Å². The number of halogens is 2. The van der Waals surface area contributed by atoms with Crippen molar-refractivity contribution in [3.63, 3.8) is 0 Å². The number of nitrogens with one attached hydrogen (secondary N) is 1. The van der Waals surface area contributed by atoms with Crippen LogP contribution in [-0.2, 0) is 5.54 Å². The molecule has 1 aromatic heterocycles. The van der Waals surface area contributed by atoms with E-state index in [1.807, 2.05) is 0 Å². The van der Waals surface area contributed by atoms with Crippen LogP contribution >= 0.6 is 10.8 Å². The lowest BCUT2D eigenvalue weighted by Gasteiger charge is -2.56. The molecule has 1 aliphatic heterocycles. The van der Waals surface area contributed by atoms with Gasteiger partial charge < -0.3 is 11.1 Å². The summed E-state index contributed by atoms with van der Waals surface area (Å²) in [5, 5.41) is 2.59. The van der Waals surface area contributed by atoms with Crippen molar-refractivity contribution in [2.24, 2.45) is 10.7 Å². The number of nitrogens with zero attached hydrogens (tertiary/aromatic N) is 3. The van der Waals surface area contributed by atoms with Gasteiger partial charge in [-0.25, -0.2) is 23.1 Å². The van der Waals surface area contributed by atoms with Crippen LogP contribution < -0.4 is 11.1 Å². The number of guanidine groups is 1. The summed E-state index contributed by atoms with van der Waals surface area (Å²) in [5.74, 6) is -1.90. The van der Waals surface area contributed by atoms with Crippen molar-refractivity contribution in [2.75, 3.05) is 12.4 Å². The number of aliphatic imine (C=N–C) groups is 1. The van der Waals surface area contributed by atoms with Gasteiger partial charge in [-0.2, -0.15) is 0 Å². The maximum Gasteiger partial charge on any atom is 0.274 e. The van der Waals surface area contributed by atoms with E-state index in [1.165, 1.54) is 31.3 Å². The second kappa shape index (κ2) is 6.62. The Morgan fingerprint density at radius 1 is 1.27 bits per heavy atom. The van der Waals surface area contributed by atoms with E-state index in [2.05, 4.69) is 15.3 Å². The van der Waals surface area contributed by atoms with Gasteiger partial charge in [0.1, 0.15) is 27.6 Å². The minimum Gasteiger partial charge on any atom is -0.369 e. The number of hydrogen-bond donors (Lipinski definition) is 4.